The maximum Gasteiger partial charge on any atom is 0.234 e. The van der Waals surface area contributed by atoms with E-state index < -0.39 is 0 Å². The average Bonchev–Trinajstić information content (AvgIpc) is 2.84. The average molecular weight is 181 g/mol. The van der Waals surface area contributed by atoms with Crippen LogP contribution in [0.2, 0.25) is 0 Å². The Balaban J connectivity index is 2.05. The van der Waals surface area contributed by atoms with E-state index in [-0.39, 0.29) is 11.9 Å². The Kier molecular flexibility index (Phi) is 3.71. The van der Waals surface area contributed by atoms with E-state index in [0.29, 0.717) is 19.0 Å². The lowest BCUT2D eigenvalue weighted by atomic mass is 10.2. The van der Waals surface area contributed by atoms with E-state index in [0.717, 1.165) is 0 Å². The van der Waals surface area contributed by atoms with Crippen molar-refractivity contribution in [2.24, 2.45) is 0 Å². The second kappa shape index (κ2) is 4.83. The summed E-state index contributed by atoms with van der Waals surface area (Å²) < 4.78 is 0. The molecule has 0 aromatic heterocycles. The Labute approximate surface area is 78.3 Å². The molecule has 0 spiro atoms. The topological polar surface area (TPSA) is 64.9 Å². The quantitative estimate of drug-likeness (QED) is 0.635. The zero-order chi connectivity index (χ0) is 9.68. The minimum absolute atomic E-state index is 0.0188. The van der Waals surface area contributed by atoms with Crippen molar-refractivity contribution < 1.29 is 4.79 Å². The zero-order valence-corrected chi connectivity index (χ0v) is 7.84. The number of hydrogen-bond acceptors (Lipinski definition) is 3. The predicted octanol–water partition coefficient (Wildman–Crippen LogP) is 0.157. The first-order valence-electron chi connectivity index (χ1n) is 4.62. The molecule has 0 saturated heterocycles. The van der Waals surface area contributed by atoms with Crippen LogP contribution in [-0.2, 0) is 4.79 Å². The molecule has 1 saturated carbocycles. The lowest BCUT2D eigenvalue weighted by Gasteiger charge is -2.10. The van der Waals surface area contributed by atoms with E-state index >= 15 is 0 Å². The second-order valence-electron chi connectivity index (χ2n) is 3.49. The predicted molar refractivity (Wildman–Crippen MR) is 48.9 cm³/mol. The molecule has 4 nitrogen and oxygen atoms in total. The van der Waals surface area contributed by atoms with Gasteiger partial charge in [-0.05, 0) is 19.8 Å². The van der Waals surface area contributed by atoms with Crippen molar-refractivity contribution in [1.29, 1.82) is 5.26 Å². The van der Waals surface area contributed by atoms with Crippen LogP contribution in [0.1, 0.15) is 26.2 Å². The Morgan fingerprint density at radius 1 is 1.69 bits per heavy atom. The number of carbonyl (C=O) groups excluding carboxylic acids is 1. The van der Waals surface area contributed by atoms with Gasteiger partial charge < -0.3 is 10.6 Å². The van der Waals surface area contributed by atoms with Crippen molar-refractivity contribution in [3.8, 4) is 6.07 Å². The minimum atomic E-state index is -0.0431. The molecule has 1 aliphatic rings. The van der Waals surface area contributed by atoms with Gasteiger partial charge >= 0.3 is 0 Å². The molecule has 0 aromatic rings. The fraction of sp³-hybridized carbons (Fsp3) is 0.778. The highest BCUT2D eigenvalue weighted by molar-refractivity contribution is 5.78. The highest BCUT2D eigenvalue weighted by Crippen LogP contribution is 2.17. The molecule has 1 fully saturated rings. The van der Waals surface area contributed by atoms with Gasteiger partial charge in [-0.1, -0.05) is 0 Å². The fourth-order valence-electron chi connectivity index (χ4n) is 1.04. The van der Waals surface area contributed by atoms with Gasteiger partial charge in [0.15, 0.2) is 0 Å². The number of hydrogen-bond donors (Lipinski definition) is 2. The third-order valence-electron chi connectivity index (χ3n) is 1.93. The largest absolute Gasteiger partial charge is 0.352 e. The fourth-order valence-corrected chi connectivity index (χ4v) is 1.04. The molecule has 0 aromatic carbocycles. The summed E-state index contributed by atoms with van der Waals surface area (Å²) >= 11 is 0. The molecular weight excluding hydrogens is 166 g/mol. The maximum absolute atomic E-state index is 11.2. The van der Waals surface area contributed by atoms with Gasteiger partial charge in [-0.25, -0.2) is 0 Å². The summed E-state index contributed by atoms with van der Waals surface area (Å²) in [7, 11) is 0. The van der Waals surface area contributed by atoms with E-state index in [1.54, 1.807) is 0 Å². The van der Waals surface area contributed by atoms with Crippen LogP contribution in [0.15, 0.2) is 0 Å². The van der Waals surface area contributed by atoms with Crippen LogP contribution in [0, 0.1) is 11.3 Å². The van der Waals surface area contributed by atoms with E-state index in [2.05, 4.69) is 10.6 Å². The molecule has 0 aliphatic heterocycles. The smallest absolute Gasteiger partial charge is 0.234 e. The molecular formula is C9H15N3O. The Hall–Kier alpha value is -1.08. The summed E-state index contributed by atoms with van der Waals surface area (Å²) in [5, 5.41) is 14.2. The van der Waals surface area contributed by atoms with Gasteiger partial charge in [0.05, 0.1) is 19.0 Å². The van der Waals surface area contributed by atoms with E-state index in [1.165, 1.54) is 12.8 Å². The van der Waals surface area contributed by atoms with E-state index in [1.807, 2.05) is 13.0 Å². The first-order chi connectivity index (χ1) is 6.22. The standard InChI is InChI=1S/C9H15N3O/c1-7(4-5-10)12-9(13)6-11-8-2-3-8/h7-8,11H,2-4,6H2,1H3,(H,12,13). The molecule has 0 bridgehead atoms. The SMILES string of the molecule is CC(CC#N)NC(=O)CNC1CC1. The summed E-state index contributed by atoms with van der Waals surface area (Å²) in [5.74, 6) is -0.0188. The Morgan fingerprint density at radius 3 is 2.92 bits per heavy atom. The maximum atomic E-state index is 11.2. The van der Waals surface area contributed by atoms with Gasteiger partial charge in [0.25, 0.3) is 0 Å². The van der Waals surface area contributed by atoms with Crippen LogP contribution in [0.3, 0.4) is 0 Å². The van der Waals surface area contributed by atoms with Crippen molar-refractivity contribution in [2.75, 3.05) is 6.54 Å². The molecule has 4 heteroatoms. The number of nitrogens with one attached hydrogen (secondary N) is 2. The van der Waals surface area contributed by atoms with Gasteiger partial charge in [-0.15, -0.1) is 0 Å². The van der Waals surface area contributed by atoms with Gasteiger partial charge in [0.2, 0.25) is 5.91 Å². The molecule has 1 unspecified atom stereocenters. The van der Waals surface area contributed by atoms with Crippen molar-refractivity contribution in [3.05, 3.63) is 0 Å². The van der Waals surface area contributed by atoms with Crippen LogP contribution in [0.25, 0.3) is 0 Å². The summed E-state index contributed by atoms with van der Waals surface area (Å²) in [6.07, 6.45) is 2.73. The number of rotatable bonds is 5. The number of nitriles is 1. The van der Waals surface area contributed by atoms with Crippen LogP contribution >= 0.6 is 0 Å². The van der Waals surface area contributed by atoms with E-state index in [4.69, 9.17) is 5.26 Å². The zero-order valence-electron chi connectivity index (χ0n) is 7.84. The number of carbonyl (C=O) groups is 1. The Bertz CT molecular complexity index is 217. The highest BCUT2D eigenvalue weighted by Gasteiger charge is 2.21. The van der Waals surface area contributed by atoms with Gasteiger partial charge in [-0.3, -0.25) is 4.79 Å². The molecule has 13 heavy (non-hydrogen) atoms. The summed E-state index contributed by atoms with van der Waals surface area (Å²) in [4.78, 5) is 11.2. The van der Waals surface area contributed by atoms with Gasteiger partial charge in [0, 0.05) is 12.1 Å². The van der Waals surface area contributed by atoms with Crippen molar-refractivity contribution in [2.45, 2.75) is 38.3 Å². The molecule has 72 valence electrons. The summed E-state index contributed by atoms with van der Waals surface area (Å²) in [6.45, 7) is 2.21. The molecule has 1 amide bonds. The Morgan fingerprint density at radius 2 is 2.38 bits per heavy atom. The summed E-state index contributed by atoms with van der Waals surface area (Å²) in [5.41, 5.74) is 0. The van der Waals surface area contributed by atoms with Gasteiger partial charge in [-0.2, -0.15) is 5.26 Å². The third kappa shape index (κ3) is 4.48. The molecule has 1 rings (SSSR count). The highest BCUT2D eigenvalue weighted by atomic mass is 16.1. The third-order valence-corrected chi connectivity index (χ3v) is 1.93. The minimum Gasteiger partial charge on any atom is -0.352 e. The van der Waals surface area contributed by atoms with Crippen molar-refractivity contribution in [1.82, 2.24) is 10.6 Å². The first-order valence-corrected chi connectivity index (χ1v) is 4.62. The number of nitrogens with zero attached hydrogens (tertiary/aromatic N) is 1. The molecule has 1 aliphatic carbocycles. The lowest BCUT2D eigenvalue weighted by molar-refractivity contribution is -0.120. The van der Waals surface area contributed by atoms with Crippen LogP contribution < -0.4 is 10.6 Å². The van der Waals surface area contributed by atoms with Crippen LogP contribution in [-0.4, -0.2) is 24.5 Å². The molecule has 0 radical (unpaired) electrons. The molecule has 2 N–H and O–H groups in total. The van der Waals surface area contributed by atoms with Crippen LogP contribution in [0.4, 0.5) is 0 Å². The monoisotopic (exact) mass is 181 g/mol. The molecule has 1 atom stereocenters. The second-order valence-corrected chi connectivity index (χ2v) is 3.49. The lowest BCUT2D eigenvalue weighted by Crippen LogP contribution is -2.39. The normalized spacial score (nSPS) is 17.5. The van der Waals surface area contributed by atoms with Gasteiger partial charge in [0.1, 0.15) is 0 Å². The van der Waals surface area contributed by atoms with Crippen molar-refractivity contribution >= 4 is 5.91 Å². The van der Waals surface area contributed by atoms with Crippen molar-refractivity contribution in [3.63, 3.8) is 0 Å². The summed E-state index contributed by atoms with van der Waals surface area (Å²) in [6, 6.07) is 2.52. The molecule has 0 heterocycles. The van der Waals surface area contributed by atoms with Crippen LogP contribution in [0.5, 0.6) is 0 Å². The number of amides is 1. The van der Waals surface area contributed by atoms with E-state index in [9.17, 15) is 4.79 Å². The first kappa shape index (κ1) is 10.0.